The lowest BCUT2D eigenvalue weighted by Gasteiger charge is -2.01. The molecule has 0 aromatic heterocycles. The van der Waals surface area contributed by atoms with Crippen LogP contribution in [0.1, 0.15) is 29.9 Å². The highest BCUT2D eigenvalue weighted by Crippen LogP contribution is 2.40. The van der Waals surface area contributed by atoms with E-state index in [1.165, 1.54) is 12.8 Å². The van der Waals surface area contributed by atoms with Crippen LogP contribution in [0.2, 0.25) is 0 Å². The summed E-state index contributed by atoms with van der Waals surface area (Å²) in [7, 11) is 0. The third-order valence-electron chi connectivity index (χ3n) is 2.30. The molecule has 2 rings (SSSR count). The smallest absolute Gasteiger partial charge is 0.128 e. The van der Waals surface area contributed by atoms with E-state index in [9.17, 15) is 4.39 Å². The lowest BCUT2D eigenvalue weighted by molar-refractivity contribution is 0.275. The van der Waals surface area contributed by atoms with Gasteiger partial charge in [-0.25, -0.2) is 4.39 Å². The van der Waals surface area contributed by atoms with Gasteiger partial charge >= 0.3 is 0 Å². The molecule has 1 fully saturated rings. The van der Waals surface area contributed by atoms with Gasteiger partial charge in [0.05, 0.1) is 6.61 Å². The van der Waals surface area contributed by atoms with Gasteiger partial charge in [0.1, 0.15) is 5.82 Å². The van der Waals surface area contributed by atoms with Crippen molar-refractivity contribution in [2.75, 3.05) is 0 Å². The highest BCUT2D eigenvalue weighted by atomic mass is 19.1. The lowest BCUT2D eigenvalue weighted by Crippen LogP contribution is -1.91. The molecule has 0 radical (unpaired) electrons. The van der Waals surface area contributed by atoms with Crippen molar-refractivity contribution in [3.05, 3.63) is 35.1 Å². The molecule has 0 atom stereocenters. The molecular weight excluding hydrogens is 155 g/mol. The fourth-order valence-corrected chi connectivity index (χ4v) is 1.36. The van der Waals surface area contributed by atoms with Gasteiger partial charge in [-0.15, -0.1) is 0 Å². The van der Waals surface area contributed by atoms with E-state index in [0.29, 0.717) is 11.5 Å². The zero-order valence-corrected chi connectivity index (χ0v) is 6.76. The van der Waals surface area contributed by atoms with Crippen molar-refractivity contribution in [2.24, 2.45) is 0 Å². The number of aliphatic hydroxyl groups excluding tert-OH is 1. The van der Waals surface area contributed by atoms with Crippen molar-refractivity contribution in [2.45, 2.75) is 25.4 Å². The van der Waals surface area contributed by atoms with E-state index in [2.05, 4.69) is 0 Å². The van der Waals surface area contributed by atoms with Gasteiger partial charge in [0, 0.05) is 5.56 Å². The third kappa shape index (κ3) is 1.34. The van der Waals surface area contributed by atoms with Crippen LogP contribution in [-0.4, -0.2) is 5.11 Å². The Morgan fingerprint density at radius 3 is 2.67 bits per heavy atom. The Labute approximate surface area is 70.8 Å². The number of halogens is 1. The summed E-state index contributed by atoms with van der Waals surface area (Å²) in [5.41, 5.74) is 1.46. The molecule has 0 bridgehead atoms. The highest BCUT2D eigenvalue weighted by molar-refractivity contribution is 5.29. The maximum Gasteiger partial charge on any atom is 0.128 e. The Balaban J connectivity index is 2.30. The molecule has 1 aromatic rings. The van der Waals surface area contributed by atoms with Gasteiger partial charge in [-0.05, 0) is 30.4 Å². The fraction of sp³-hybridized carbons (Fsp3) is 0.400. The van der Waals surface area contributed by atoms with Gasteiger partial charge < -0.3 is 5.11 Å². The Morgan fingerprint density at radius 2 is 2.17 bits per heavy atom. The summed E-state index contributed by atoms with van der Waals surface area (Å²) >= 11 is 0. The van der Waals surface area contributed by atoms with Gasteiger partial charge in [-0.2, -0.15) is 0 Å². The maximum absolute atomic E-state index is 13.1. The molecule has 1 saturated carbocycles. The van der Waals surface area contributed by atoms with E-state index in [4.69, 9.17) is 5.11 Å². The zero-order chi connectivity index (χ0) is 8.55. The molecule has 0 heterocycles. The Bertz CT molecular complexity index is 292. The first-order valence-corrected chi connectivity index (χ1v) is 4.20. The van der Waals surface area contributed by atoms with E-state index < -0.39 is 0 Å². The average Bonchev–Trinajstić information content (AvgIpc) is 2.86. The first kappa shape index (κ1) is 7.74. The van der Waals surface area contributed by atoms with Gasteiger partial charge in [0.25, 0.3) is 0 Å². The predicted octanol–water partition coefficient (Wildman–Crippen LogP) is 2.20. The van der Waals surface area contributed by atoms with Gasteiger partial charge in [-0.3, -0.25) is 0 Å². The molecule has 64 valence electrons. The van der Waals surface area contributed by atoms with Crippen molar-refractivity contribution >= 4 is 0 Å². The van der Waals surface area contributed by atoms with Crippen molar-refractivity contribution in [1.29, 1.82) is 0 Å². The fourth-order valence-electron chi connectivity index (χ4n) is 1.36. The number of hydrogen-bond acceptors (Lipinski definition) is 1. The molecule has 1 N–H and O–H groups in total. The Morgan fingerprint density at radius 1 is 1.42 bits per heavy atom. The van der Waals surface area contributed by atoms with Crippen molar-refractivity contribution in [1.82, 2.24) is 0 Å². The van der Waals surface area contributed by atoms with Crippen LogP contribution in [0.15, 0.2) is 18.2 Å². The molecule has 1 aromatic carbocycles. The molecule has 1 aliphatic rings. The van der Waals surface area contributed by atoms with E-state index in [0.717, 1.165) is 5.56 Å². The van der Waals surface area contributed by atoms with Crippen LogP contribution in [-0.2, 0) is 6.61 Å². The summed E-state index contributed by atoms with van der Waals surface area (Å²) in [6.07, 6.45) is 2.36. The minimum absolute atomic E-state index is 0.212. The SMILES string of the molecule is OCc1ccc(C2CC2)cc1F. The molecule has 2 heteroatoms. The summed E-state index contributed by atoms with van der Waals surface area (Å²) in [5, 5.41) is 8.72. The molecule has 0 aliphatic heterocycles. The van der Waals surface area contributed by atoms with Crippen LogP contribution in [0, 0.1) is 5.82 Å². The Kier molecular flexibility index (Phi) is 1.85. The number of hydrogen-bond donors (Lipinski definition) is 1. The summed E-state index contributed by atoms with van der Waals surface area (Å²) < 4.78 is 13.1. The van der Waals surface area contributed by atoms with E-state index in [-0.39, 0.29) is 12.4 Å². The molecule has 0 unspecified atom stereocenters. The first-order valence-electron chi connectivity index (χ1n) is 4.20. The largest absolute Gasteiger partial charge is 0.392 e. The molecule has 1 aliphatic carbocycles. The lowest BCUT2D eigenvalue weighted by atomic mass is 10.1. The van der Waals surface area contributed by atoms with Gasteiger partial charge in [0.2, 0.25) is 0 Å². The van der Waals surface area contributed by atoms with Crippen molar-refractivity contribution in [3.8, 4) is 0 Å². The minimum atomic E-state index is -0.276. The molecule has 0 amide bonds. The van der Waals surface area contributed by atoms with Crippen LogP contribution in [0.5, 0.6) is 0 Å². The first-order chi connectivity index (χ1) is 5.81. The normalized spacial score (nSPS) is 16.5. The molecule has 0 spiro atoms. The van der Waals surface area contributed by atoms with Crippen molar-refractivity contribution in [3.63, 3.8) is 0 Å². The summed E-state index contributed by atoms with van der Waals surface area (Å²) in [5.74, 6) is 0.300. The van der Waals surface area contributed by atoms with E-state index in [1.807, 2.05) is 6.07 Å². The summed E-state index contributed by atoms with van der Waals surface area (Å²) in [4.78, 5) is 0. The quantitative estimate of drug-likeness (QED) is 0.714. The van der Waals surface area contributed by atoms with Gasteiger partial charge in [0.15, 0.2) is 0 Å². The monoisotopic (exact) mass is 166 g/mol. The molecule has 1 nitrogen and oxygen atoms in total. The zero-order valence-electron chi connectivity index (χ0n) is 6.76. The average molecular weight is 166 g/mol. The standard InChI is InChI=1S/C10H11FO/c11-10-5-8(7-1-2-7)3-4-9(10)6-12/h3-5,7,12H,1-2,6H2. The molecule has 12 heavy (non-hydrogen) atoms. The highest BCUT2D eigenvalue weighted by Gasteiger charge is 2.23. The van der Waals surface area contributed by atoms with Crippen LogP contribution in [0.4, 0.5) is 4.39 Å². The Hall–Kier alpha value is -0.890. The third-order valence-corrected chi connectivity index (χ3v) is 2.30. The summed E-state index contributed by atoms with van der Waals surface area (Å²) in [6.45, 7) is -0.212. The number of aliphatic hydroxyl groups is 1. The number of rotatable bonds is 2. The van der Waals surface area contributed by atoms with Crippen LogP contribution >= 0.6 is 0 Å². The van der Waals surface area contributed by atoms with Crippen LogP contribution in [0.25, 0.3) is 0 Å². The number of benzene rings is 1. The topological polar surface area (TPSA) is 20.2 Å². The van der Waals surface area contributed by atoms with E-state index in [1.54, 1.807) is 12.1 Å². The van der Waals surface area contributed by atoms with Crippen LogP contribution in [0.3, 0.4) is 0 Å². The van der Waals surface area contributed by atoms with Crippen molar-refractivity contribution < 1.29 is 9.50 Å². The van der Waals surface area contributed by atoms with Gasteiger partial charge in [-0.1, -0.05) is 12.1 Å². The van der Waals surface area contributed by atoms with E-state index >= 15 is 0 Å². The minimum Gasteiger partial charge on any atom is -0.392 e. The second kappa shape index (κ2) is 2.87. The second-order valence-corrected chi connectivity index (χ2v) is 3.28. The second-order valence-electron chi connectivity index (χ2n) is 3.28. The predicted molar refractivity (Wildman–Crippen MR) is 44.3 cm³/mol. The molecular formula is C10H11FO. The summed E-state index contributed by atoms with van der Waals surface area (Å²) in [6, 6.07) is 5.12. The molecule has 0 saturated heterocycles. The maximum atomic E-state index is 13.1. The van der Waals surface area contributed by atoms with Crippen LogP contribution < -0.4 is 0 Å².